The minimum atomic E-state index is -0.0241. The summed E-state index contributed by atoms with van der Waals surface area (Å²) in [7, 11) is 0. The third-order valence-electron chi connectivity index (χ3n) is 5.33. The van der Waals surface area contributed by atoms with Crippen LogP contribution < -0.4 is 5.56 Å². The Morgan fingerprint density at radius 1 is 1.00 bits per heavy atom. The van der Waals surface area contributed by atoms with Crippen molar-refractivity contribution < 1.29 is 4.42 Å². The van der Waals surface area contributed by atoms with E-state index in [1.165, 1.54) is 11.8 Å². The van der Waals surface area contributed by atoms with Crippen molar-refractivity contribution in [3.8, 4) is 11.5 Å². The molecule has 5 rings (SSSR count). The number of rotatable bonds is 6. The molecule has 3 heterocycles. The molecule has 0 amide bonds. The Hall–Kier alpha value is -3.16. The van der Waals surface area contributed by atoms with Gasteiger partial charge in [-0.1, -0.05) is 48.2 Å². The van der Waals surface area contributed by atoms with Crippen LogP contribution in [0.15, 0.2) is 80.4 Å². The van der Waals surface area contributed by atoms with Crippen molar-refractivity contribution in [2.24, 2.45) is 0 Å². The lowest BCUT2D eigenvalue weighted by Crippen LogP contribution is -2.23. The van der Waals surface area contributed by atoms with E-state index in [1.807, 2.05) is 79.9 Å². The summed E-state index contributed by atoms with van der Waals surface area (Å²) in [4.78, 5) is 23.9. The molecular weight excluding hydrogens is 438 g/mol. The summed E-state index contributed by atoms with van der Waals surface area (Å²) in [6.45, 7) is 4.48. The number of para-hydroxylation sites is 1. The van der Waals surface area contributed by atoms with Gasteiger partial charge in [-0.05, 0) is 49.1 Å². The highest BCUT2D eigenvalue weighted by Crippen LogP contribution is 2.29. The van der Waals surface area contributed by atoms with E-state index in [-0.39, 0.29) is 5.56 Å². The number of aromatic nitrogens is 3. The van der Waals surface area contributed by atoms with Crippen molar-refractivity contribution in [1.82, 2.24) is 14.5 Å². The molecule has 32 heavy (non-hydrogen) atoms. The first-order valence-corrected chi connectivity index (χ1v) is 12.1. The Morgan fingerprint density at radius 3 is 2.62 bits per heavy atom. The van der Waals surface area contributed by atoms with Crippen LogP contribution in [-0.4, -0.2) is 14.5 Å². The summed E-state index contributed by atoms with van der Waals surface area (Å²) in [6, 6.07) is 19.6. The van der Waals surface area contributed by atoms with Gasteiger partial charge in [0, 0.05) is 16.2 Å². The number of aryl methyl sites for hydroxylation is 2. The number of fused-ring (bicyclic) bond motifs is 1. The van der Waals surface area contributed by atoms with Crippen molar-refractivity contribution in [3.63, 3.8) is 0 Å². The lowest BCUT2D eigenvalue weighted by molar-refractivity contribution is 0.540. The Morgan fingerprint density at radius 2 is 1.81 bits per heavy atom. The molecule has 0 bridgehead atoms. The van der Waals surface area contributed by atoms with Gasteiger partial charge in [0.25, 0.3) is 5.56 Å². The second-order valence-corrected chi connectivity index (χ2v) is 9.48. The Kier molecular flexibility index (Phi) is 5.68. The highest BCUT2D eigenvalue weighted by molar-refractivity contribution is 7.98. The molecule has 160 valence electrons. The fraction of sp³-hybridized carbons (Fsp3) is 0.160. The third-order valence-corrected chi connectivity index (χ3v) is 7.18. The SMILES string of the molecule is Cc1ccccc1-c1nc(CSc2nc3ccccc3c(=O)n2Cc2cccs2)c(C)o1. The van der Waals surface area contributed by atoms with Crippen LogP contribution in [0.4, 0.5) is 0 Å². The number of hydrogen-bond acceptors (Lipinski definition) is 6. The summed E-state index contributed by atoms with van der Waals surface area (Å²) in [5, 5.41) is 3.34. The summed E-state index contributed by atoms with van der Waals surface area (Å²) < 4.78 is 7.73. The molecule has 0 saturated carbocycles. The number of thiophene rings is 1. The molecule has 0 aliphatic rings. The summed E-state index contributed by atoms with van der Waals surface area (Å²) >= 11 is 3.15. The van der Waals surface area contributed by atoms with Gasteiger partial charge in [-0.25, -0.2) is 9.97 Å². The molecule has 0 saturated heterocycles. The molecule has 0 atom stereocenters. The maximum atomic E-state index is 13.3. The van der Waals surface area contributed by atoms with Gasteiger partial charge in [-0.2, -0.15) is 0 Å². The van der Waals surface area contributed by atoms with Crippen molar-refractivity contribution in [1.29, 1.82) is 0 Å². The first kappa shape index (κ1) is 20.7. The highest BCUT2D eigenvalue weighted by atomic mass is 32.2. The molecular formula is C25H21N3O2S2. The van der Waals surface area contributed by atoms with Gasteiger partial charge in [-0.3, -0.25) is 9.36 Å². The third kappa shape index (κ3) is 4.01. The molecule has 0 aliphatic carbocycles. The molecule has 0 spiro atoms. The monoisotopic (exact) mass is 459 g/mol. The maximum Gasteiger partial charge on any atom is 0.262 e. The van der Waals surface area contributed by atoms with E-state index in [1.54, 1.807) is 15.9 Å². The van der Waals surface area contributed by atoms with Gasteiger partial charge >= 0.3 is 0 Å². The largest absolute Gasteiger partial charge is 0.441 e. The van der Waals surface area contributed by atoms with Crippen LogP contribution in [-0.2, 0) is 12.3 Å². The predicted molar refractivity (Wildman–Crippen MR) is 130 cm³/mol. The molecule has 0 fully saturated rings. The zero-order chi connectivity index (χ0) is 22.1. The fourth-order valence-electron chi connectivity index (χ4n) is 3.58. The molecule has 2 aromatic carbocycles. The Bertz CT molecular complexity index is 1450. The van der Waals surface area contributed by atoms with Crippen LogP contribution >= 0.6 is 23.1 Å². The van der Waals surface area contributed by atoms with Crippen LogP contribution in [0.5, 0.6) is 0 Å². The number of thioether (sulfide) groups is 1. The van der Waals surface area contributed by atoms with E-state index in [0.29, 0.717) is 34.2 Å². The van der Waals surface area contributed by atoms with Crippen LogP contribution in [0.1, 0.15) is 21.9 Å². The first-order valence-electron chi connectivity index (χ1n) is 10.3. The number of oxazole rings is 1. The number of hydrogen-bond donors (Lipinski definition) is 0. The van der Waals surface area contributed by atoms with E-state index in [0.717, 1.165) is 27.5 Å². The second kappa shape index (κ2) is 8.76. The van der Waals surface area contributed by atoms with E-state index in [9.17, 15) is 4.79 Å². The molecule has 5 aromatic rings. The van der Waals surface area contributed by atoms with Gasteiger partial charge in [0.1, 0.15) is 5.76 Å². The predicted octanol–water partition coefficient (Wildman–Crippen LogP) is 6.07. The molecule has 3 aromatic heterocycles. The normalized spacial score (nSPS) is 11.3. The molecule has 7 heteroatoms. The summed E-state index contributed by atoms with van der Waals surface area (Å²) in [5.41, 5.74) is 3.65. The first-order chi connectivity index (χ1) is 15.6. The van der Waals surface area contributed by atoms with Crippen molar-refractivity contribution in [2.45, 2.75) is 31.3 Å². The lowest BCUT2D eigenvalue weighted by Gasteiger charge is -2.12. The van der Waals surface area contributed by atoms with Gasteiger partial charge in [0.15, 0.2) is 5.16 Å². The summed E-state index contributed by atoms with van der Waals surface area (Å²) in [6.07, 6.45) is 0. The van der Waals surface area contributed by atoms with Crippen LogP contribution in [0.3, 0.4) is 0 Å². The molecule has 0 aliphatic heterocycles. The van der Waals surface area contributed by atoms with E-state index in [2.05, 4.69) is 0 Å². The highest BCUT2D eigenvalue weighted by Gasteiger charge is 2.16. The minimum Gasteiger partial charge on any atom is -0.441 e. The van der Waals surface area contributed by atoms with Gasteiger partial charge in [-0.15, -0.1) is 11.3 Å². The molecule has 0 unspecified atom stereocenters. The lowest BCUT2D eigenvalue weighted by atomic mass is 10.1. The van der Waals surface area contributed by atoms with Crippen LogP contribution in [0.25, 0.3) is 22.4 Å². The van der Waals surface area contributed by atoms with E-state index >= 15 is 0 Å². The van der Waals surface area contributed by atoms with E-state index < -0.39 is 0 Å². The average Bonchev–Trinajstić information content (AvgIpc) is 3.44. The quantitative estimate of drug-likeness (QED) is 0.228. The second-order valence-electron chi connectivity index (χ2n) is 7.51. The van der Waals surface area contributed by atoms with Gasteiger partial charge in [0.2, 0.25) is 5.89 Å². The van der Waals surface area contributed by atoms with Gasteiger partial charge < -0.3 is 4.42 Å². The topological polar surface area (TPSA) is 60.9 Å². The Balaban J connectivity index is 1.49. The fourth-order valence-corrected chi connectivity index (χ4v) is 5.27. The van der Waals surface area contributed by atoms with Crippen LogP contribution in [0.2, 0.25) is 0 Å². The molecule has 5 nitrogen and oxygen atoms in total. The smallest absolute Gasteiger partial charge is 0.262 e. The van der Waals surface area contributed by atoms with Crippen molar-refractivity contribution >= 4 is 34.0 Å². The van der Waals surface area contributed by atoms with E-state index in [4.69, 9.17) is 14.4 Å². The number of nitrogens with zero attached hydrogens (tertiary/aromatic N) is 3. The minimum absolute atomic E-state index is 0.0241. The molecule has 0 radical (unpaired) electrons. The summed E-state index contributed by atoms with van der Waals surface area (Å²) in [5.74, 6) is 1.97. The standard InChI is InChI=1S/C25H21N3O2S2/c1-16-8-3-4-10-19(16)23-26-22(17(2)30-23)15-32-25-27-21-12-6-5-11-20(21)24(29)28(25)14-18-9-7-13-31-18/h3-13H,14-15H2,1-2H3. The maximum absolute atomic E-state index is 13.3. The zero-order valence-electron chi connectivity index (χ0n) is 17.7. The van der Waals surface area contributed by atoms with Gasteiger partial charge in [0.05, 0.1) is 23.1 Å². The zero-order valence-corrected chi connectivity index (χ0v) is 19.4. The average molecular weight is 460 g/mol. The number of benzene rings is 2. The molecule has 0 N–H and O–H groups in total. The Labute approximate surface area is 193 Å². The van der Waals surface area contributed by atoms with Crippen molar-refractivity contribution in [2.75, 3.05) is 0 Å². The van der Waals surface area contributed by atoms with Crippen LogP contribution in [0, 0.1) is 13.8 Å². The van der Waals surface area contributed by atoms with Crippen molar-refractivity contribution in [3.05, 3.63) is 98.3 Å².